The molecule has 4 nitrogen and oxygen atoms in total. The van der Waals surface area contributed by atoms with Gasteiger partial charge >= 0.3 is 0 Å². The van der Waals surface area contributed by atoms with Gasteiger partial charge in [-0.15, -0.1) is 0 Å². The van der Waals surface area contributed by atoms with Crippen molar-refractivity contribution in [1.82, 2.24) is 4.98 Å². The molecule has 0 aromatic carbocycles. The Morgan fingerprint density at radius 1 is 1.47 bits per heavy atom. The topological polar surface area (TPSA) is 64.1 Å². The first-order valence-corrected chi connectivity index (χ1v) is 7.50. The fourth-order valence-corrected chi connectivity index (χ4v) is 2.41. The van der Waals surface area contributed by atoms with Crippen LogP contribution in [-0.2, 0) is 9.84 Å². The van der Waals surface area contributed by atoms with Gasteiger partial charge in [-0.3, -0.25) is 9.78 Å². The molecule has 0 saturated heterocycles. The van der Waals surface area contributed by atoms with Gasteiger partial charge in [-0.2, -0.15) is 0 Å². The molecule has 0 aliphatic rings. The van der Waals surface area contributed by atoms with Crippen molar-refractivity contribution < 1.29 is 13.2 Å². The van der Waals surface area contributed by atoms with Crippen LogP contribution < -0.4 is 0 Å². The molecule has 1 aromatic heterocycles. The van der Waals surface area contributed by atoms with E-state index >= 15 is 0 Å². The molecule has 0 fully saturated rings. The first-order valence-electron chi connectivity index (χ1n) is 5.30. The van der Waals surface area contributed by atoms with E-state index in [1.54, 1.807) is 19.1 Å². The second kappa shape index (κ2) is 6.12. The lowest BCUT2D eigenvalue weighted by Gasteiger charge is -2.02. The third-order valence-electron chi connectivity index (χ3n) is 2.32. The summed E-state index contributed by atoms with van der Waals surface area (Å²) in [5.41, 5.74) is 0.211. The fourth-order valence-electron chi connectivity index (χ4n) is 1.31. The number of carbonyl (C=O) groups is 1. The van der Waals surface area contributed by atoms with Crippen LogP contribution in [0.15, 0.2) is 18.3 Å². The van der Waals surface area contributed by atoms with Crippen molar-refractivity contribution in [3.05, 3.63) is 29.0 Å². The summed E-state index contributed by atoms with van der Waals surface area (Å²) in [5.74, 6) is -0.0903. The molecule has 0 amide bonds. The molecule has 17 heavy (non-hydrogen) atoms. The molecular weight excluding hydrogens is 262 g/mol. The molecule has 0 radical (unpaired) electrons. The molecule has 0 unspecified atom stereocenters. The zero-order valence-electron chi connectivity index (χ0n) is 9.52. The summed E-state index contributed by atoms with van der Waals surface area (Å²) in [6, 6.07) is 3.23. The highest BCUT2D eigenvalue weighted by Gasteiger charge is 2.13. The number of sulfone groups is 1. The quantitative estimate of drug-likeness (QED) is 0.746. The second-order valence-electron chi connectivity index (χ2n) is 3.60. The van der Waals surface area contributed by atoms with Gasteiger partial charge in [0, 0.05) is 18.4 Å². The van der Waals surface area contributed by atoms with Crippen molar-refractivity contribution in [2.45, 2.75) is 19.8 Å². The van der Waals surface area contributed by atoms with Gasteiger partial charge in [0.25, 0.3) is 0 Å². The fraction of sp³-hybridized carbons (Fsp3) is 0.455. The van der Waals surface area contributed by atoms with E-state index in [1.807, 2.05) is 0 Å². The van der Waals surface area contributed by atoms with Crippen molar-refractivity contribution >= 4 is 27.2 Å². The van der Waals surface area contributed by atoms with Crippen molar-refractivity contribution in [3.63, 3.8) is 0 Å². The summed E-state index contributed by atoms with van der Waals surface area (Å²) in [6.45, 7) is 1.59. The van der Waals surface area contributed by atoms with Gasteiger partial charge in [0.1, 0.15) is 15.5 Å². The van der Waals surface area contributed by atoms with Crippen LogP contribution >= 0.6 is 11.6 Å². The average Bonchev–Trinajstić information content (AvgIpc) is 2.29. The maximum Gasteiger partial charge on any atom is 0.182 e. The molecule has 1 heterocycles. The second-order valence-corrected chi connectivity index (χ2v) is 6.48. The number of nitrogens with zero attached hydrogens (tertiary/aromatic N) is 1. The molecule has 0 atom stereocenters. The summed E-state index contributed by atoms with van der Waals surface area (Å²) < 4.78 is 22.5. The zero-order chi connectivity index (χ0) is 12.9. The van der Waals surface area contributed by atoms with E-state index in [0.717, 1.165) is 0 Å². The summed E-state index contributed by atoms with van der Waals surface area (Å²) in [5, 5.41) is 0.302. The Labute approximate surface area is 106 Å². The van der Waals surface area contributed by atoms with Crippen LogP contribution in [0, 0.1) is 0 Å². The number of pyridine rings is 1. The van der Waals surface area contributed by atoms with E-state index in [1.165, 1.54) is 6.20 Å². The Balaban J connectivity index is 2.55. The van der Waals surface area contributed by atoms with E-state index in [4.69, 9.17) is 11.6 Å². The summed E-state index contributed by atoms with van der Waals surface area (Å²) >= 11 is 5.81. The number of ketones is 1. The lowest BCUT2D eigenvalue weighted by Crippen LogP contribution is -2.11. The van der Waals surface area contributed by atoms with E-state index in [-0.39, 0.29) is 29.4 Å². The van der Waals surface area contributed by atoms with Crippen molar-refractivity contribution in [2.75, 3.05) is 11.5 Å². The highest BCUT2D eigenvalue weighted by atomic mass is 35.5. The molecule has 1 rings (SSSR count). The first-order chi connectivity index (χ1) is 7.96. The lowest BCUT2D eigenvalue weighted by molar-refractivity contribution is 0.0977. The number of Topliss-reactive ketones (excluding diaryl/α,β-unsaturated/α-hetero) is 1. The van der Waals surface area contributed by atoms with Gasteiger partial charge in [0.2, 0.25) is 0 Å². The van der Waals surface area contributed by atoms with Gasteiger partial charge in [0.15, 0.2) is 5.78 Å². The SMILES string of the molecule is CCS(=O)(=O)CCCC(=O)c1ncccc1Cl. The molecular formula is C11H14ClNO3S. The number of hydrogen-bond donors (Lipinski definition) is 0. The van der Waals surface area contributed by atoms with Gasteiger partial charge in [0.05, 0.1) is 10.8 Å². The van der Waals surface area contributed by atoms with Gasteiger partial charge < -0.3 is 0 Å². The standard InChI is InChI=1S/C11H14ClNO3S/c1-2-17(15,16)8-4-6-10(14)11-9(12)5-3-7-13-11/h3,5,7H,2,4,6,8H2,1H3. The Kier molecular flexibility index (Phi) is 5.08. The lowest BCUT2D eigenvalue weighted by atomic mass is 10.1. The third kappa shape index (κ3) is 4.44. The molecule has 1 aromatic rings. The molecule has 0 aliphatic heterocycles. The maximum atomic E-state index is 11.7. The van der Waals surface area contributed by atoms with Crippen LogP contribution in [0.3, 0.4) is 0 Å². The van der Waals surface area contributed by atoms with Gasteiger partial charge in [-0.25, -0.2) is 8.42 Å². The Morgan fingerprint density at radius 2 is 2.18 bits per heavy atom. The predicted molar refractivity (Wildman–Crippen MR) is 67.1 cm³/mol. The third-order valence-corrected chi connectivity index (χ3v) is 4.42. The van der Waals surface area contributed by atoms with Crippen LogP contribution in [0.4, 0.5) is 0 Å². The molecule has 0 spiro atoms. The molecule has 0 saturated carbocycles. The number of rotatable bonds is 6. The zero-order valence-corrected chi connectivity index (χ0v) is 11.1. The number of aromatic nitrogens is 1. The Hall–Kier alpha value is -0.940. The normalized spacial score (nSPS) is 11.4. The monoisotopic (exact) mass is 275 g/mol. The van der Waals surface area contributed by atoms with Gasteiger partial charge in [-0.1, -0.05) is 18.5 Å². The van der Waals surface area contributed by atoms with Crippen LogP contribution in [0.5, 0.6) is 0 Å². The van der Waals surface area contributed by atoms with Crippen molar-refractivity contribution in [1.29, 1.82) is 0 Å². The molecule has 6 heteroatoms. The number of carbonyl (C=O) groups excluding carboxylic acids is 1. The summed E-state index contributed by atoms with van der Waals surface area (Å²) in [6.07, 6.45) is 1.94. The van der Waals surface area contributed by atoms with E-state index in [0.29, 0.717) is 11.4 Å². The minimum Gasteiger partial charge on any atom is -0.292 e. The van der Waals surface area contributed by atoms with E-state index < -0.39 is 9.84 Å². The molecule has 94 valence electrons. The van der Waals surface area contributed by atoms with Crippen molar-refractivity contribution in [3.8, 4) is 0 Å². The number of halogens is 1. The average molecular weight is 276 g/mol. The van der Waals surface area contributed by atoms with Crippen LogP contribution in [-0.4, -0.2) is 30.7 Å². The minimum atomic E-state index is -3.01. The largest absolute Gasteiger partial charge is 0.292 e. The van der Waals surface area contributed by atoms with Crippen LogP contribution in [0.1, 0.15) is 30.3 Å². The van der Waals surface area contributed by atoms with Gasteiger partial charge in [-0.05, 0) is 18.6 Å². The number of hydrogen-bond acceptors (Lipinski definition) is 4. The Bertz CT molecular complexity index is 499. The molecule has 0 bridgehead atoms. The van der Waals surface area contributed by atoms with E-state index in [9.17, 15) is 13.2 Å². The van der Waals surface area contributed by atoms with E-state index in [2.05, 4.69) is 4.98 Å². The predicted octanol–water partition coefficient (Wildman–Crippen LogP) is 2.13. The highest BCUT2D eigenvalue weighted by Crippen LogP contribution is 2.15. The highest BCUT2D eigenvalue weighted by molar-refractivity contribution is 7.91. The van der Waals surface area contributed by atoms with Crippen LogP contribution in [0.25, 0.3) is 0 Å². The minimum absolute atomic E-state index is 0.0275. The summed E-state index contributed by atoms with van der Waals surface area (Å²) in [7, 11) is -3.01. The summed E-state index contributed by atoms with van der Waals surface area (Å²) in [4.78, 5) is 15.6. The smallest absolute Gasteiger partial charge is 0.182 e. The Morgan fingerprint density at radius 3 is 2.76 bits per heavy atom. The maximum absolute atomic E-state index is 11.7. The first kappa shape index (κ1) is 14.1. The molecule has 0 aliphatic carbocycles. The van der Waals surface area contributed by atoms with Crippen LogP contribution in [0.2, 0.25) is 5.02 Å². The van der Waals surface area contributed by atoms with Crippen molar-refractivity contribution in [2.24, 2.45) is 0 Å². The molecule has 0 N–H and O–H groups in total.